The van der Waals surface area contributed by atoms with Gasteiger partial charge >= 0.3 is 0 Å². The maximum atomic E-state index is 12.2. The number of carbonyl (C=O) groups excluding carboxylic acids is 1. The molecule has 4 nitrogen and oxygen atoms in total. The highest BCUT2D eigenvalue weighted by Crippen LogP contribution is 2.17. The van der Waals surface area contributed by atoms with Crippen molar-refractivity contribution < 1.29 is 4.79 Å². The number of nitrogens with zero attached hydrogens (tertiary/aromatic N) is 1. The van der Waals surface area contributed by atoms with E-state index in [0.29, 0.717) is 17.3 Å². The lowest BCUT2D eigenvalue weighted by atomic mass is 10.1. The first-order chi connectivity index (χ1) is 8.97. The Morgan fingerprint density at radius 3 is 2.63 bits per heavy atom. The van der Waals surface area contributed by atoms with Gasteiger partial charge in [-0.15, -0.1) is 0 Å². The molecule has 100 valence electrons. The molecule has 0 saturated carbocycles. The number of hydrogen-bond donors (Lipinski definition) is 2. The SMILES string of the molecule is Cc1ccc(C)c(C(=O)Nc2cc(C(C)C)[nH]n2)c1. The molecule has 0 spiro atoms. The Labute approximate surface area is 113 Å². The summed E-state index contributed by atoms with van der Waals surface area (Å²) in [6, 6.07) is 7.71. The first-order valence-corrected chi connectivity index (χ1v) is 6.41. The van der Waals surface area contributed by atoms with Crippen LogP contribution in [0, 0.1) is 13.8 Å². The van der Waals surface area contributed by atoms with Crippen molar-refractivity contribution in [3.8, 4) is 0 Å². The fraction of sp³-hybridized carbons (Fsp3) is 0.333. The minimum atomic E-state index is -0.122. The lowest BCUT2D eigenvalue weighted by Gasteiger charge is -2.06. The third kappa shape index (κ3) is 3.02. The van der Waals surface area contributed by atoms with Crippen LogP contribution >= 0.6 is 0 Å². The number of aromatic nitrogens is 2. The number of aromatic amines is 1. The monoisotopic (exact) mass is 257 g/mol. The van der Waals surface area contributed by atoms with E-state index in [1.807, 2.05) is 38.1 Å². The Morgan fingerprint density at radius 1 is 1.26 bits per heavy atom. The van der Waals surface area contributed by atoms with Crippen molar-refractivity contribution in [2.45, 2.75) is 33.6 Å². The standard InChI is InChI=1S/C15H19N3O/c1-9(2)13-8-14(18-17-13)16-15(19)12-7-10(3)5-6-11(12)4/h5-9H,1-4H3,(H2,16,17,18,19). The molecule has 0 radical (unpaired) electrons. The largest absolute Gasteiger partial charge is 0.305 e. The van der Waals surface area contributed by atoms with E-state index >= 15 is 0 Å². The third-order valence-corrected chi connectivity index (χ3v) is 3.10. The van der Waals surface area contributed by atoms with Crippen molar-refractivity contribution in [1.29, 1.82) is 0 Å². The molecule has 1 aromatic carbocycles. The molecule has 0 fully saturated rings. The van der Waals surface area contributed by atoms with Gasteiger partial charge in [0.05, 0.1) is 0 Å². The van der Waals surface area contributed by atoms with Crippen molar-refractivity contribution in [1.82, 2.24) is 10.2 Å². The van der Waals surface area contributed by atoms with Crippen LogP contribution in [0.2, 0.25) is 0 Å². The van der Waals surface area contributed by atoms with Gasteiger partial charge in [-0.2, -0.15) is 5.10 Å². The van der Waals surface area contributed by atoms with Crippen LogP contribution in [0.5, 0.6) is 0 Å². The highest BCUT2D eigenvalue weighted by molar-refractivity contribution is 6.04. The number of benzene rings is 1. The zero-order valence-corrected chi connectivity index (χ0v) is 11.7. The van der Waals surface area contributed by atoms with Crippen molar-refractivity contribution in [3.63, 3.8) is 0 Å². The number of rotatable bonds is 3. The van der Waals surface area contributed by atoms with Crippen molar-refractivity contribution in [3.05, 3.63) is 46.6 Å². The van der Waals surface area contributed by atoms with E-state index in [1.165, 1.54) is 0 Å². The molecule has 0 atom stereocenters. The summed E-state index contributed by atoms with van der Waals surface area (Å²) in [6.45, 7) is 8.05. The van der Waals surface area contributed by atoms with E-state index in [9.17, 15) is 4.79 Å². The van der Waals surface area contributed by atoms with Crippen molar-refractivity contribution in [2.24, 2.45) is 0 Å². The normalized spacial score (nSPS) is 10.8. The highest BCUT2D eigenvalue weighted by atomic mass is 16.1. The van der Waals surface area contributed by atoms with Gasteiger partial charge in [-0.25, -0.2) is 0 Å². The first kappa shape index (κ1) is 13.3. The van der Waals surface area contributed by atoms with Gasteiger partial charge in [0.2, 0.25) is 0 Å². The Bertz CT molecular complexity index is 599. The molecule has 4 heteroatoms. The number of anilines is 1. The number of nitrogens with one attached hydrogen (secondary N) is 2. The lowest BCUT2D eigenvalue weighted by Crippen LogP contribution is -2.13. The second-order valence-electron chi connectivity index (χ2n) is 5.14. The van der Waals surface area contributed by atoms with Gasteiger partial charge < -0.3 is 5.32 Å². The fourth-order valence-electron chi connectivity index (χ4n) is 1.86. The maximum absolute atomic E-state index is 12.2. The van der Waals surface area contributed by atoms with Crippen molar-refractivity contribution >= 4 is 11.7 Å². The predicted molar refractivity (Wildman–Crippen MR) is 76.5 cm³/mol. The molecule has 2 rings (SSSR count). The Balaban J connectivity index is 2.18. The van der Waals surface area contributed by atoms with Crippen LogP contribution in [-0.2, 0) is 0 Å². The second kappa shape index (κ2) is 5.26. The van der Waals surface area contributed by atoms with Gasteiger partial charge in [-0.3, -0.25) is 9.89 Å². The summed E-state index contributed by atoms with van der Waals surface area (Å²) in [5, 5.41) is 9.84. The van der Waals surface area contributed by atoms with Crippen LogP contribution in [0.4, 0.5) is 5.82 Å². The van der Waals surface area contributed by atoms with Gasteiger partial charge in [-0.05, 0) is 31.4 Å². The van der Waals surface area contributed by atoms with Gasteiger partial charge in [0.15, 0.2) is 5.82 Å². The number of aryl methyl sites for hydroxylation is 2. The minimum absolute atomic E-state index is 0.122. The lowest BCUT2D eigenvalue weighted by molar-refractivity contribution is 0.102. The molecule has 1 amide bonds. The molecule has 1 aromatic heterocycles. The van der Waals surface area contributed by atoms with Crippen molar-refractivity contribution in [2.75, 3.05) is 5.32 Å². The second-order valence-corrected chi connectivity index (χ2v) is 5.14. The summed E-state index contributed by atoms with van der Waals surface area (Å²) in [5.41, 5.74) is 3.73. The molecule has 0 aliphatic rings. The summed E-state index contributed by atoms with van der Waals surface area (Å²) >= 11 is 0. The molecule has 2 aromatic rings. The highest BCUT2D eigenvalue weighted by Gasteiger charge is 2.12. The smallest absolute Gasteiger partial charge is 0.257 e. The molecular formula is C15H19N3O. The van der Waals surface area contributed by atoms with Gasteiger partial charge in [-0.1, -0.05) is 31.5 Å². The van der Waals surface area contributed by atoms with E-state index in [1.54, 1.807) is 0 Å². The van der Waals surface area contributed by atoms with Crippen LogP contribution in [0.3, 0.4) is 0 Å². The maximum Gasteiger partial charge on any atom is 0.257 e. The van der Waals surface area contributed by atoms with Crippen LogP contribution < -0.4 is 5.32 Å². The van der Waals surface area contributed by atoms with E-state index in [0.717, 1.165) is 16.8 Å². The van der Waals surface area contributed by atoms with Crippen LogP contribution in [0.15, 0.2) is 24.3 Å². The molecule has 0 aliphatic heterocycles. The minimum Gasteiger partial charge on any atom is -0.305 e. The van der Waals surface area contributed by atoms with Gasteiger partial charge in [0.25, 0.3) is 5.91 Å². The molecule has 0 bridgehead atoms. The molecule has 0 saturated heterocycles. The zero-order valence-electron chi connectivity index (χ0n) is 11.7. The zero-order chi connectivity index (χ0) is 14.0. The number of H-pyrrole nitrogens is 1. The van der Waals surface area contributed by atoms with Gasteiger partial charge in [0, 0.05) is 17.3 Å². The molecule has 19 heavy (non-hydrogen) atoms. The Kier molecular flexibility index (Phi) is 3.69. The topological polar surface area (TPSA) is 57.8 Å². The number of carbonyl (C=O) groups is 1. The molecule has 2 N–H and O–H groups in total. The van der Waals surface area contributed by atoms with E-state index in [4.69, 9.17) is 0 Å². The third-order valence-electron chi connectivity index (χ3n) is 3.10. The Hall–Kier alpha value is -2.10. The van der Waals surface area contributed by atoms with Crippen LogP contribution in [0.1, 0.15) is 46.9 Å². The molecule has 0 unspecified atom stereocenters. The molecular weight excluding hydrogens is 238 g/mol. The summed E-state index contributed by atoms with van der Waals surface area (Å²) in [7, 11) is 0. The summed E-state index contributed by atoms with van der Waals surface area (Å²) in [5.74, 6) is 0.802. The Morgan fingerprint density at radius 2 is 2.00 bits per heavy atom. The molecule has 0 aliphatic carbocycles. The van der Waals surface area contributed by atoms with Gasteiger partial charge in [0.1, 0.15) is 0 Å². The summed E-state index contributed by atoms with van der Waals surface area (Å²) in [6.07, 6.45) is 0. The fourth-order valence-corrected chi connectivity index (χ4v) is 1.86. The first-order valence-electron chi connectivity index (χ1n) is 6.41. The summed E-state index contributed by atoms with van der Waals surface area (Å²) < 4.78 is 0. The quantitative estimate of drug-likeness (QED) is 0.885. The number of amides is 1. The summed E-state index contributed by atoms with van der Waals surface area (Å²) in [4.78, 5) is 12.2. The van der Waals surface area contributed by atoms with Crippen LogP contribution in [0.25, 0.3) is 0 Å². The number of hydrogen-bond acceptors (Lipinski definition) is 2. The van der Waals surface area contributed by atoms with Crippen LogP contribution in [-0.4, -0.2) is 16.1 Å². The predicted octanol–water partition coefficient (Wildman–Crippen LogP) is 3.40. The van der Waals surface area contributed by atoms with E-state index in [-0.39, 0.29) is 5.91 Å². The van der Waals surface area contributed by atoms with E-state index < -0.39 is 0 Å². The average molecular weight is 257 g/mol. The average Bonchev–Trinajstić information content (AvgIpc) is 2.80. The van der Waals surface area contributed by atoms with E-state index in [2.05, 4.69) is 29.4 Å². The molecule has 1 heterocycles.